The summed E-state index contributed by atoms with van der Waals surface area (Å²) < 4.78 is 0.728. The van der Waals surface area contributed by atoms with Gasteiger partial charge in [0.15, 0.2) is 0 Å². The number of nitro benzene ring substituents is 1. The molecule has 1 aromatic carbocycles. The zero-order chi connectivity index (χ0) is 13.7. The van der Waals surface area contributed by atoms with Gasteiger partial charge in [0.1, 0.15) is 0 Å². The molecule has 18 heavy (non-hydrogen) atoms. The second-order valence-corrected chi connectivity index (χ2v) is 5.16. The summed E-state index contributed by atoms with van der Waals surface area (Å²) in [5.74, 6) is -0.170. The van der Waals surface area contributed by atoms with Crippen LogP contribution in [0.3, 0.4) is 0 Å². The lowest BCUT2D eigenvalue weighted by atomic mass is 10.1. The van der Waals surface area contributed by atoms with Crippen molar-refractivity contribution in [3.8, 4) is 0 Å². The number of halogens is 1. The van der Waals surface area contributed by atoms with Crippen LogP contribution in [-0.4, -0.2) is 29.3 Å². The van der Waals surface area contributed by atoms with Crippen molar-refractivity contribution in [3.05, 3.63) is 37.4 Å². The lowest BCUT2D eigenvalue weighted by Gasteiger charge is -2.17. The highest BCUT2D eigenvalue weighted by Gasteiger charge is 2.18. The van der Waals surface area contributed by atoms with Crippen molar-refractivity contribution in [2.75, 3.05) is 13.6 Å². The van der Waals surface area contributed by atoms with Crippen LogP contribution >= 0.6 is 22.6 Å². The van der Waals surface area contributed by atoms with Gasteiger partial charge in [-0.15, -0.1) is 0 Å². The Morgan fingerprint density at radius 3 is 2.72 bits per heavy atom. The summed E-state index contributed by atoms with van der Waals surface area (Å²) in [6.07, 6.45) is 1.93. The molecular formula is C12H15IN2O3. The van der Waals surface area contributed by atoms with Crippen molar-refractivity contribution in [3.63, 3.8) is 0 Å². The number of benzene rings is 1. The summed E-state index contributed by atoms with van der Waals surface area (Å²) in [4.78, 5) is 24.0. The highest BCUT2D eigenvalue weighted by atomic mass is 127. The fraction of sp³-hybridized carbons (Fsp3) is 0.417. The first-order chi connectivity index (χ1) is 8.47. The number of carbonyl (C=O) groups is 1. The molecule has 0 aromatic heterocycles. The minimum absolute atomic E-state index is 0.0531. The third-order valence-electron chi connectivity index (χ3n) is 2.58. The fourth-order valence-corrected chi connectivity index (χ4v) is 2.06. The van der Waals surface area contributed by atoms with Crippen LogP contribution in [0.15, 0.2) is 18.2 Å². The molecular weight excluding hydrogens is 347 g/mol. The molecule has 6 heteroatoms. The van der Waals surface area contributed by atoms with Crippen molar-refractivity contribution in [2.24, 2.45) is 0 Å². The Hall–Kier alpha value is -1.18. The van der Waals surface area contributed by atoms with Crippen LogP contribution in [0.5, 0.6) is 0 Å². The second-order valence-electron chi connectivity index (χ2n) is 4.00. The molecule has 0 saturated heterocycles. The summed E-state index contributed by atoms with van der Waals surface area (Å²) >= 11 is 2.02. The lowest BCUT2D eigenvalue weighted by molar-refractivity contribution is -0.384. The van der Waals surface area contributed by atoms with Crippen LogP contribution in [0.4, 0.5) is 5.69 Å². The molecule has 0 fully saturated rings. The van der Waals surface area contributed by atoms with Crippen LogP contribution in [0.1, 0.15) is 30.1 Å². The molecule has 0 unspecified atom stereocenters. The van der Waals surface area contributed by atoms with E-state index in [2.05, 4.69) is 6.92 Å². The molecule has 0 radical (unpaired) electrons. The zero-order valence-corrected chi connectivity index (χ0v) is 12.5. The molecule has 1 amide bonds. The Bertz CT molecular complexity index is 463. The van der Waals surface area contributed by atoms with E-state index >= 15 is 0 Å². The predicted molar refractivity (Wildman–Crippen MR) is 77.7 cm³/mol. The van der Waals surface area contributed by atoms with Crippen LogP contribution in [-0.2, 0) is 0 Å². The van der Waals surface area contributed by atoms with Crippen molar-refractivity contribution < 1.29 is 9.72 Å². The molecule has 0 bridgehead atoms. The summed E-state index contributed by atoms with van der Waals surface area (Å²) in [7, 11) is 1.72. The number of rotatable bonds is 5. The average Bonchev–Trinajstić information content (AvgIpc) is 2.35. The van der Waals surface area contributed by atoms with Crippen LogP contribution in [0.25, 0.3) is 0 Å². The smallest absolute Gasteiger partial charge is 0.270 e. The number of hydrogen-bond acceptors (Lipinski definition) is 3. The number of nitro groups is 1. The van der Waals surface area contributed by atoms with E-state index in [1.807, 2.05) is 22.6 Å². The monoisotopic (exact) mass is 362 g/mol. The van der Waals surface area contributed by atoms with Gasteiger partial charge in [0.25, 0.3) is 11.6 Å². The van der Waals surface area contributed by atoms with Crippen LogP contribution < -0.4 is 0 Å². The normalized spacial score (nSPS) is 10.2. The van der Waals surface area contributed by atoms with Gasteiger partial charge in [-0.2, -0.15) is 0 Å². The van der Waals surface area contributed by atoms with Crippen LogP contribution in [0, 0.1) is 13.7 Å². The van der Waals surface area contributed by atoms with E-state index in [9.17, 15) is 14.9 Å². The molecule has 0 aliphatic carbocycles. The van der Waals surface area contributed by atoms with E-state index < -0.39 is 4.92 Å². The molecule has 0 spiro atoms. The number of amides is 1. The number of nitrogens with zero attached hydrogens (tertiary/aromatic N) is 2. The van der Waals surface area contributed by atoms with Gasteiger partial charge in [-0.1, -0.05) is 13.3 Å². The quantitative estimate of drug-likeness (QED) is 0.460. The van der Waals surface area contributed by atoms with Gasteiger partial charge in [0, 0.05) is 29.3 Å². The van der Waals surface area contributed by atoms with E-state index in [1.54, 1.807) is 18.0 Å². The van der Waals surface area contributed by atoms with Gasteiger partial charge in [-0.25, -0.2) is 0 Å². The predicted octanol–water partition coefficient (Wildman–Crippen LogP) is 3.07. The second kappa shape index (κ2) is 6.67. The number of unbranched alkanes of at least 4 members (excludes halogenated alkanes) is 1. The maximum Gasteiger partial charge on any atom is 0.270 e. The molecule has 0 heterocycles. The van der Waals surface area contributed by atoms with E-state index in [4.69, 9.17) is 0 Å². The van der Waals surface area contributed by atoms with E-state index in [0.29, 0.717) is 12.1 Å². The Kier molecular flexibility index (Phi) is 5.52. The van der Waals surface area contributed by atoms with Crippen LogP contribution in [0.2, 0.25) is 0 Å². The van der Waals surface area contributed by atoms with Gasteiger partial charge in [-0.3, -0.25) is 14.9 Å². The number of non-ortho nitro benzene ring substituents is 1. The largest absolute Gasteiger partial charge is 0.342 e. The molecule has 0 aliphatic rings. The first-order valence-electron chi connectivity index (χ1n) is 5.66. The third kappa shape index (κ3) is 3.66. The topological polar surface area (TPSA) is 63.5 Å². The first-order valence-corrected chi connectivity index (χ1v) is 6.74. The molecule has 1 rings (SSSR count). The highest BCUT2D eigenvalue weighted by Crippen LogP contribution is 2.20. The molecule has 0 atom stereocenters. The standard InChI is InChI=1S/C12H15IN2O3/c1-3-4-7-14(2)12(16)10-8-9(15(17)18)5-6-11(10)13/h5-6,8H,3-4,7H2,1-2H3. The molecule has 0 aliphatic heterocycles. The van der Waals surface area contributed by atoms with Gasteiger partial charge in [0.05, 0.1) is 10.5 Å². The molecule has 5 nitrogen and oxygen atoms in total. The molecule has 0 saturated carbocycles. The SMILES string of the molecule is CCCCN(C)C(=O)c1cc([N+](=O)[O-])ccc1I. The summed E-state index contributed by atoms with van der Waals surface area (Å²) in [6.45, 7) is 2.71. The first kappa shape index (κ1) is 14.9. The molecule has 98 valence electrons. The summed E-state index contributed by atoms with van der Waals surface area (Å²) in [6, 6.07) is 4.34. The third-order valence-corrected chi connectivity index (χ3v) is 3.53. The average molecular weight is 362 g/mol. The van der Waals surface area contributed by atoms with Crippen molar-refractivity contribution >= 4 is 34.2 Å². The Morgan fingerprint density at radius 2 is 2.17 bits per heavy atom. The van der Waals surface area contributed by atoms with E-state index in [-0.39, 0.29) is 11.6 Å². The molecule has 0 N–H and O–H groups in total. The lowest BCUT2D eigenvalue weighted by Crippen LogP contribution is -2.28. The number of carbonyl (C=O) groups excluding carboxylic acids is 1. The van der Waals surface area contributed by atoms with Crippen molar-refractivity contribution in [1.82, 2.24) is 4.90 Å². The Labute approximate surface area is 119 Å². The van der Waals surface area contributed by atoms with Gasteiger partial charge in [0.2, 0.25) is 0 Å². The maximum absolute atomic E-state index is 12.1. The summed E-state index contributed by atoms with van der Waals surface area (Å²) in [5, 5.41) is 10.7. The minimum atomic E-state index is -0.487. The van der Waals surface area contributed by atoms with E-state index in [1.165, 1.54) is 12.1 Å². The summed E-state index contributed by atoms with van der Waals surface area (Å²) in [5.41, 5.74) is 0.339. The zero-order valence-electron chi connectivity index (χ0n) is 10.4. The molecule has 1 aromatic rings. The minimum Gasteiger partial charge on any atom is -0.342 e. The number of hydrogen-bond donors (Lipinski definition) is 0. The fourth-order valence-electron chi connectivity index (χ4n) is 1.49. The van der Waals surface area contributed by atoms with Gasteiger partial charge in [-0.05, 0) is 35.1 Å². The Balaban J connectivity index is 2.97. The van der Waals surface area contributed by atoms with Gasteiger partial charge < -0.3 is 4.90 Å². The Morgan fingerprint density at radius 1 is 1.50 bits per heavy atom. The van der Waals surface area contributed by atoms with Crippen molar-refractivity contribution in [1.29, 1.82) is 0 Å². The maximum atomic E-state index is 12.1. The highest BCUT2D eigenvalue weighted by molar-refractivity contribution is 14.1. The van der Waals surface area contributed by atoms with Crippen molar-refractivity contribution in [2.45, 2.75) is 19.8 Å². The van der Waals surface area contributed by atoms with Gasteiger partial charge >= 0.3 is 0 Å². The van der Waals surface area contributed by atoms with E-state index in [0.717, 1.165) is 16.4 Å².